The molecular weight excluding hydrogens is 313 g/mol. The summed E-state index contributed by atoms with van der Waals surface area (Å²) in [5.74, 6) is -0.173. The van der Waals surface area contributed by atoms with Crippen LogP contribution in [0.5, 0.6) is 0 Å². The second kappa shape index (κ2) is 5.44. The summed E-state index contributed by atoms with van der Waals surface area (Å²) in [6, 6.07) is 0. The van der Waals surface area contributed by atoms with Crippen molar-refractivity contribution in [3.63, 3.8) is 0 Å². The number of alkyl halides is 3. The summed E-state index contributed by atoms with van der Waals surface area (Å²) in [7, 11) is 1.54. The predicted molar refractivity (Wildman–Crippen MR) is 75.9 cm³/mol. The summed E-state index contributed by atoms with van der Waals surface area (Å²) >= 11 is 0. The van der Waals surface area contributed by atoms with Gasteiger partial charge in [-0.15, -0.1) is 0 Å². The summed E-state index contributed by atoms with van der Waals surface area (Å²) in [5.41, 5.74) is -1.59. The van der Waals surface area contributed by atoms with Crippen molar-refractivity contribution in [2.45, 2.75) is 68.8 Å². The Morgan fingerprint density at radius 3 is 2.61 bits per heavy atom. The summed E-state index contributed by atoms with van der Waals surface area (Å²) < 4.78 is 54.7. The van der Waals surface area contributed by atoms with E-state index in [2.05, 4.69) is 0 Å². The maximum Gasteiger partial charge on any atom is 0.412 e. The Bertz CT molecular complexity index is 500. The van der Waals surface area contributed by atoms with Crippen LogP contribution in [0.25, 0.3) is 0 Å². The van der Waals surface area contributed by atoms with Crippen molar-refractivity contribution < 1.29 is 32.5 Å². The maximum atomic E-state index is 12.6. The van der Waals surface area contributed by atoms with Gasteiger partial charge in [0.15, 0.2) is 0 Å². The fourth-order valence-corrected chi connectivity index (χ4v) is 4.02. The molecule has 3 rings (SSSR count). The molecule has 2 heterocycles. The highest BCUT2D eigenvalue weighted by Crippen LogP contribution is 2.59. The Balaban J connectivity index is 1.73. The van der Waals surface area contributed by atoms with Gasteiger partial charge in [-0.2, -0.15) is 13.2 Å². The molecule has 0 aromatic heterocycles. The minimum atomic E-state index is -4.30. The summed E-state index contributed by atoms with van der Waals surface area (Å²) in [6.45, 7) is 3.54. The molecule has 3 aliphatic rings. The number of aliphatic hydroxyl groups is 1. The molecule has 132 valence electrons. The Kier molecular flexibility index (Phi) is 4.07. The molecule has 0 unspecified atom stereocenters. The van der Waals surface area contributed by atoms with E-state index in [1.54, 1.807) is 0 Å². The Labute approximate surface area is 133 Å². The standard InChI is InChI=1S/C16H23F3O4/c1-9(16(17,18)19)4-5-11-14(2,23-11)13-12(21-3)10(20)6-7-15(13)8-22-15/h4,10-13,20H,5-8H2,1-3H3/b9-4+/t10-,11-,12-,13-,14-,15+/m1/s1. The van der Waals surface area contributed by atoms with Gasteiger partial charge in [0.25, 0.3) is 0 Å². The summed E-state index contributed by atoms with van der Waals surface area (Å²) in [6.07, 6.45) is -2.94. The smallest absolute Gasteiger partial charge is 0.390 e. The van der Waals surface area contributed by atoms with Gasteiger partial charge in [-0.3, -0.25) is 0 Å². The quantitative estimate of drug-likeness (QED) is 0.633. The molecular formula is C16H23F3O4. The average molecular weight is 336 g/mol. The zero-order chi connectivity index (χ0) is 17.0. The lowest BCUT2D eigenvalue weighted by Gasteiger charge is -2.41. The van der Waals surface area contributed by atoms with Gasteiger partial charge in [0, 0.05) is 12.7 Å². The fourth-order valence-electron chi connectivity index (χ4n) is 4.02. The van der Waals surface area contributed by atoms with E-state index in [1.807, 2.05) is 6.92 Å². The number of halogens is 3. The number of rotatable bonds is 4. The van der Waals surface area contributed by atoms with E-state index >= 15 is 0 Å². The van der Waals surface area contributed by atoms with Crippen molar-refractivity contribution >= 4 is 0 Å². The number of ether oxygens (including phenoxy) is 3. The first-order valence-corrected chi connectivity index (χ1v) is 7.90. The molecule has 2 aliphatic heterocycles. The minimum Gasteiger partial charge on any atom is -0.390 e. The van der Waals surface area contributed by atoms with Gasteiger partial charge in [0.2, 0.25) is 0 Å². The van der Waals surface area contributed by atoms with Crippen molar-refractivity contribution in [1.82, 2.24) is 0 Å². The molecule has 1 spiro atoms. The van der Waals surface area contributed by atoms with E-state index in [9.17, 15) is 18.3 Å². The highest BCUT2D eigenvalue weighted by Gasteiger charge is 2.71. The first-order chi connectivity index (χ1) is 10.6. The number of epoxide rings is 2. The molecule has 0 aromatic carbocycles. The van der Waals surface area contributed by atoms with Crippen LogP contribution in [0, 0.1) is 5.92 Å². The molecule has 3 fully saturated rings. The minimum absolute atomic E-state index is 0.173. The Morgan fingerprint density at radius 2 is 2.09 bits per heavy atom. The lowest BCUT2D eigenvalue weighted by Crippen LogP contribution is -2.54. The number of methoxy groups -OCH3 is 1. The lowest BCUT2D eigenvalue weighted by molar-refractivity contribution is -0.116. The first-order valence-electron chi connectivity index (χ1n) is 7.90. The molecule has 1 saturated carbocycles. The highest BCUT2D eigenvalue weighted by molar-refractivity contribution is 5.21. The van der Waals surface area contributed by atoms with E-state index < -0.39 is 29.6 Å². The third-order valence-electron chi connectivity index (χ3n) is 5.61. The number of hydrogen-bond donors (Lipinski definition) is 1. The van der Waals surface area contributed by atoms with Gasteiger partial charge in [-0.05, 0) is 33.1 Å². The van der Waals surface area contributed by atoms with Crippen LogP contribution in [0.2, 0.25) is 0 Å². The van der Waals surface area contributed by atoms with Gasteiger partial charge in [0.1, 0.15) is 5.60 Å². The summed E-state index contributed by atoms with van der Waals surface area (Å²) in [4.78, 5) is 0. The molecule has 0 bridgehead atoms. The van der Waals surface area contributed by atoms with E-state index in [1.165, 1.54) is 13.2 Å². The first kappa shape index (κ1) is 17.2. The normalized spacial score (nSPS) is 47.0. The molecule has 1 N–H and O–H groups in total. The third-order valence-corrected chi connectivity index (χ3v) is 5.61. The van der Waals surface area contributed by atoms with Crippen molar-refractivity contribution in [2.75, 3.05) is 13.7 Å². The van der Waals surface area contributed by atoms with Crippen LogP contribution in [-0.4, -0.2) is 54.5 Å². The zero-order valence-corrected chi connectivity index (χ0v) is 13.5. The SMILES string of the molecule is CO[C@@H]1[C@H](O)CC[C@]2(CO2)[C@H]1[C@]1(C)O[C@@H]1C/C=C(\C)C(F)(F)F. The molecule has 4 nitrogen and oxygen atoms in total. The lowest BCUT2D eigenvalue weighted by atomic mass is 9.68. The molecule has 0 aromatic rings. The second-order valence-corrected chi connectivity index (χ2v) is 7.05. The maximum absolute atomic E-state index is 12.6. The molecule has 7 heteroatoms. The fraction of sp³-hybridized carbons (Fsp3) is 0.875. The van der Waals surface area contributed by atoms with Gasteiger partial charge in [0.05, 0.1) is 36.4 Å². The number of hydrogen-bond acceptors (Lipinski definition) is 4. The molecule has 0 radical (unpaired) electrons. The van der Waals surface area contributed by atoms with Crippen molar-refractivity contribution in [2.24, 2.45) is 5.92 Å². The summed E-state index contributed by atoms with van der Waals surface area (Å²) in [5, 5.41) is 10.2. The number of aliphatic hydroxyl groups excluding tert-OH is 1. The van der Waals surface area contributed by atoms with Crippen LogP contribution in [0.15, 0.2) is 11.6 Å². The Hall–Kier alpha value is -0.630. The number of allylic oxidation sites excluding steroid dienone is 1. The van der Waals surface area contributed by atoms with Gasteiger partial charge < -0.3 is 19.3 Å². The van der Waals surface area contributed by atoms with Crippen molar-refractivity contribution in [1.29, 1.82) is 0 Å². The third kappa shape index (κ3) is 2.92. The molecule has 23 heavy (non-hydrogen) atoms. The highest BCUT2D eigenvalue weighted by atomic mass is 19.4. The molecule has 0 amide bonds. The van der Waals surface area contributed by atoms with Gasteiger partial charge >= 0.3 is 6.18 Å². The second-order valence-electron chi connectivity index (χ2n) is 7.05. The van der Waals surface area contributed by atoms with Gasteiger partial charge in [-0.1, -0.05) is 6.08 Å². The van der Waals surface area contributed by atoms with E-state index in [4.69, 9.17) is 14.2 Å². The molecule has 1 aliphatic carbocycles. The average Bonchev–Trinajstić information content (AvgIpc) is 3.36. The largest absolute Gasteiger partial charge is 0.412 e. The van der Waals surface area contributed by atoms with Gasteiger partial charge in [-0.25, -0.2) is 0 Å². The van der Waals surface area contributed by atoms with Crippen LogP contribution in [0.1, 0.15) is 33.1 Å². The zero-order valence-electron chi connectivity index (χ0n) is 13.5. The van der Waals surface area contributed by atoms with E-state index in [0.717, 1.165) is 13.3 Å². The topological polar surface area (TPSA) is 54.5 Å². The molecule has 6 atom stereocenters. The van der Waals surface area contributed by atoms with Crippen molar-refractivity contribution in [3.8, 4) is 0 Å². The Morgan fingerprint density at radius 1 is 1.43 bits per heavy atom. The van der Waals surface area contributed by atoms with E-state index in [0.29, 0.717) is 13.0 Å². The van der Waals surface area contributed by atoms with E-state index in [-0.39, 0.29) is 24.0 Å². The molecule has 2 saturated heterocycles. The van der Waals surface area contributed by atoms with Crippen molar-refractivity contribution in [3.05, 3.63) is 11.6 Å². The van der Waals surface area contributed by atoms with Crippen LogP contribution in [-0.2, 0) is 14.2 Å². The van der Waals surface area contributed by atoms with Crippen LogP contribution in [0.3, 0.4) is 0 Å². The van der Waals surface area contributed by atoms with Crippen LogP contribution >= 0.6 is 0 Å². The monoisotopic (exact) mass is 336 g/mol. The van der Waals surface area contributed by atoms with Crippen LogP contribution in [0.4, 0.5) is 13.2 Å². The predicted octanol–water partition coefficient (Wildman–Crippen LogP) is 2.60. The van der Waals surface area contributed by atoms with Crippen LogP contribution < -0.4 is 0 Å².